The molecule has 0 saturated heterocycles. The third kappa shape index (κ3) is 4.28. The summed E-state index contributed by atoms with van der Waals surface area (Å²) in [6.07, 6.45) is -0.394. The number of carbonyl (C=O) groups excluding carboxylic acids is 1. The average Bonchev–Trinajstić information content (AvgIpc) is 2.97. The smallest absolute Gasteiger partial charge is 0.407 e. The zero-order valence-corrected chi connectivity index (χ0v) is 15.5. The number of carboxylic acids is 1. The molecule has 0 radical (unpaired) electrons. The number of ether oxygens (including phenoxy) is 1. The van der Waals surface area contributed by atoms with Crippen molar-refractivity contribution >= 4 is 12.1 Å². The van der Waals surface area contributed by atoms with Gasteiger partial charge in [0.1, 0.15) is 12.6 Å². The van der Waals surface area contributed by atoms with Crippen LogP contribution in [0, 0.1) is 0 Å². The molecular formula is C21H24N2O4. The van der Waals surface area contributed by atoms with Gasteiger partial charge in [0.2, 0.25) is 0 Å². The van der Waals surface area contributed by atoms with Crippen LogP contribution in [0.15, 0.2) is 48.5 Å². The lowest BCUT2D eigenvalue weighted by molar-refractivity contribution is -0.139. The maximum Gasteiger partial charge on any atom is 0.407 e. The molecule has 2 aromatic carbocycles. The summed E-state index contributed by atoms with van der Waals surface area (Å²) in [7, 11) is 3.71. The highest BCUT2D eigenvalue weighted by Gasteiger charge is 2.29. The molecule has 0 unspecified atom stereocenters. The highest BCUT2D eigenvalue weighted by molar-refractivity contribution is 5.81. The van der Waals surface area contributed by atoms with E-state index in [4.69, 9.17) is 4.74 Å². The van der Waals surface area contributed by atoms with E-state index in [0.717, 1.165) is 22.3 Å². The van der Waals surface area contributed by atoms with Gasteiger partial charge in [-0.3, -0.25) is 0 Å². The average molecular weight is 368 g/mol. The second-order valence-corrected chi connectivity index (χ2v) is 6.95. The van der Waals surface area contributed by atoms with Gasteiger partial charge in [-0.15, -0.1) is 0 Å². The summed E-state index contributed by atoms with van der Waals surface area (Å²) >= 11 is 0. The molecule has 2 N–H and O–H groups in total. The van der Waals surface area contributed by atoms with Crippen LogP contribution in [0.1, 0.15) is 23.5 Å². The molecule has 1 aliphatic carbocycles. The molecule has 0 fully saturated rings. The van der Waals surface area contributed by atoms with Gasteiger partial charge in [-0.25, -0.2) is 9.59 Å². The number of alkyl carbamates (subject to hydrolysis) is 1. The van der Waals surface area contributed by atoms with E-state index in [-0.39, 0.29) is 12.5 Å². The number of carboxylic acid groups (broad SMARTS) is 1. The van der Waals surface area contributed by atoms with Crippen LogP contribution in [0.3, 0.4) is 0 Å². The van der Waals surface area contributed by atoms with Crippen molar-refractivity contribution in [1.29, 1.82) is 0 Å². The Labute approximate surface area is 158 Å². The number of fused-ring (bicyclic) bond motifs is 3. The normalized spacial score (nSPS) is 13.7. The first-order valence-corrected chi connectivity index (χ1v) is 8.96. The second kappa shape index (κ2) is 8.22. The number of aliphatic carboxylic acids is 1. The zero-order valence-electron chi connectivity index (χ0n) is 15.5. The fraction of sp³-hybridized carbons (Fsp3) is 0.333. The topological polar surface area (TPSA) is 78.9 Å². The second-order valence-electron chi connectivity index (χ2n) is 6.95. The van der Waals surface area contributed by atoms with Crippen molar-refractivity contribution in [2.75, 3.05) is 27.2 Å². The Kier molecular flexibility index (Phi) is 5.76. The van der Waals surface area contributed by atoms with E-state index >= 15 is 0 Å². The summed E-state index contributed by atoms with van der Waals surface area (Å²) in [6.45, 7) is 0.723. The van der Waals surface area contributed by atoms with Crippen LogP contribution in [0.2, 0.25) is 0 Å². The van der Waals surface area contributed by atoms with Gasteiger partial charge in [-0.2, -0.15) is 0 Å². The molecule has 0 aromatic heterocycles. The summed E-state index contributed by atoms with van der Waals surface area (Å²) in [5.41, 5.74) is 4.54. The van der Waals surface area contributed by atoms with Crippen molar-refractivity contribution in [3.63, 3.8) is 0 Å². The maximum atomic E-state index is 12.2. The van der Waals surface area contributed by atoms with Crippen LogP contribution < -0.4 is 5.32 Å². The minimum atomic E-state index is -1.06. The molecule has 142 valence electrons. The third-order valence-electron chi connectivity index (χ3n) is 4.80. The molecule has 1 atom stereocenters. The largest absolute Gasteiger partial charge is 0.480 e. The van der Waals surface area contributed by atoms with Crippen molar-refractivity contribution in [3.05, 3.63) is 59.7 Å². The van der Waals surface area contributed by atoms with E-state index in [0.29, 0.717) is 13.0 Å². The standard InChI is InChI=1S/C21H24N2O4/c1-23(2)12-11-19(20(24)25)22-21(26)27-13-18-16-9-5-3-7-14(16)15-8-4-6-10-17(15)18/h3-10,18-19H,11-13H2,1-2H3,(H,22,26)(H,24,25)/t19-/m0/s1. The van der Waals surface area contributed by atoms with E-state index in [9.17, 15) is 14.7 Å². The van der Waals surface area contributed by atoms with Gasteiger partial charge in [0.05, 0.1) is 0 Å². The van der Waals surface area contributed by atoms with Crippen molar-refractivity contribution in [1.82, 2.24) is 10.2 Å². The Bertz CT molecular complexity index is 789. The van der Waals surface area contributed by atoms with E-state index in [1.54, 1.807) is 0 Å². The summed E-state index contributed by atoms with van der Waals surface area (Å²) in [4.78, 5) is 25.4. The molecule has 0 bridgehead atoms. The molecule has 6 nitrogen and oxygen atoms in total. The van der Waals surface area contributed by atoms with Gasteiger partial charge in [-0.1, -0.05) is 48.5 Å². The molecule has 27 heavy (non-hydrogen) atoms. The lowest BCUT2D eigenvalue weighted by Crippen LogP contribution is -2.43. The molecule has 1 aliphatic rings. The molecule has 6 heteroatoms. The molecule has 2 aromatic rings. The quantitative estimate of drug-likeness (QED) is 0.786. The van der Waals surface area contributed by atoms with E-state index in [2.05, 4.69) is 17.4 Å². The zero-order chi connectivity index (χ0) is 19.4. The lowest BCUT2D eigenvalue weighted by atomic mass is 9.98. The van der Waals surface area contributed by atoms with Gasteiger partial charge in [0, 0.05) is 12.5 Å². The monoisotopic (exact) mass is 368 g/mol. The summed E-state index contributed by atoms with van der Waals surface area (Å²) < 4.78 is 5.40. The first kappa shape index (κ1) is 18.9. The Hall–Kier alpha value is -2.86. The molecule has 3 rings (SSSR count). The van der Waals surface area contributed by atoms with Crippen LogP contribution in [0.4, 0.5) is 4.79 Å². The van der Waals surface area contributed by atoms with Crippen molar-refractivity contribution in [2.24, 2.45) is 0 Å². The Morgan fingerprint density at radius 3 is 2.15 bits per heavy atom. The number of benzene rings is 2. The minimum absolute atomic E-state index is 0.0480. The van der Waals surface area contributed by atoms with E-state index < -0.39 is 18.1 Å². The SMILES string of the molecule is CN(C)CC[C@H](NC(=O)OCC1c2ccccc2-c2ccccc21)C(=O)O. The van der Waals surface area contributed by atoms with Crippen molar-refractivity contribution < 1.29 is 19.4 Å². The molecule has 0 heterocycles. The van der Waals surface area contributed by atoms with Gasteiger partial charge >= 0.3 is 12.1 Å². The van der Waals surface area contributed by atoms with Crippen LogP contribution >= 0.6 is 0 Å². The van der Waals surface area contributed by atoms with Gasteiger partial charge < -0.3 is 20.1 Å². The highest BCUT2D eigenvalue weighted by atomic mass is 16.5. The summed E-state index contributed by atoms with van der Waals surface area (Å²) in [5.74, 6) is -1.11. The number of rotatable bonds is 7. The molecular weight excluding hydrogens is 344 g/mol. The van der Waals surface area contributed by atoms with Crippen LogP contribution in [-0.4, -0.2) is 55.4 Å². The minimum Gasteiger partial charge on any atom is -0.480 e. The van der Waals surface area contributed by atoms with Crippen LogP contribution in [0.25, 0.3) is 11.1 Å². The fourth-order valence-corrected chi connectivity index (χ4v) is 3.43. The number of hydrogen-bond donors (Lipinski definition) is 2. The number of carbonyl (C=O) groups is 2. The van der Waals surface area contributed by atoms with E-state index in [1.807, 2.05) is 55.4 Å². The predicted molar refractivity (Wildman–Crippen MR) is 103 cm³/mol. The van der Waals surface area contributed by atoms with Gasteiger partial charge in [0.25, 0.3) is 0 Å². The first-order chi connectivity index (χ1) is 13.0. The number of amides is 1. The fourth-order valence-electron chi connectivity index (χ4n) is 3.43. The third-order valence-corrected chi connectivity index (χ3v) is 4.80. The maximum absolute atomic E-state index is 12.2. The van der Waals surface area contributed by atoms with Gasteiger partial charge in [0.15, 0.2) is 0 Å². The highest BCUT2D eigenvalue weighted by Crippen LogP contribution is 2.44. The number of nitrogens with zero attached hydrogens (tertiary/aromatic N) is 1. The van der Waals surface area contributed by atoms with Crippen LogP contribution in [-0.2, 0) is 9.53 Å². The lowest BCUT2D eigenvalue weighted by Gasteiger charge is -2.18. The molecule has 0 aliphatic heterocycles. The Morgan fingerprint density at radius 1 is 1.07 bits per heavy atom. The van der Waals surface area contributed by atoms with Gasteiger partial charge in [-0.05, 0) is 42.8 Å². The van der Waals surface area contributed by atoms with E-state index in [1.165, 1.54) is 0 Å². The summed E-state index contributed by atoms with van der Waals surface area (Å²) in [6, 6.07) is 15.2. The van der Waals surface area contributed by atoms with Crippen LogP contribution in [0.5, 0.6) is 0 Å². The van der Waals surface area contributed by atoms with Crippen molar-refractivity contribution in [2.45, 2.75) is 18.4 Å². The number of hydrogen-bond acceptors (Lipinski definition) is 4. The Morgan fingerprint density at radius 2 is 1.63 bits per heavy atom. The Balaban J connectivity index is 1.66. The first-order valence-electron chi connectivity index (χ1n) is 8.96. The summed E-state index contributed by atoms with van der Waals surface area (Å²) in [5, 5.41) is 11.7. The van der Waals surface area contributed by atoms with Crippen molar-refractivity contribution in [3.8, 4) is 11.1 Å². The molecule has 1 amide bonds. The number of nitrogens with one attached hydrogen (secondary N) is 1. The molecule has 0 saturated carbocycles. The predicted octanol–water partition coefficient (Wildman–Crippen LogP) is 2.93. The molecule has 0 spiro atoms.